The normalized spacial score (nSPS) is 12.9. The van der Waals surface area contributed by atoms with Gasteiger partial charge in [0, 0.05) is 24.2 Å². The van der Waals surface area contributed by atoms with Crippen LogP contribution < -0.4 is 0 Å². The maximum absolute atomic E-state index is 5.54. The summed E-state index contributed by atoms with van der Waals surface area (Å²) in [5.74, 6) is 0.720. The first-order chi connectivity index (χ1) is 12.9. The lowest BCUT2D eigenvalue weighted by molar-refractivity contribution is 0.134. The Morgan fingerprint density at radius 3 is 2.65 bits per heavy atom. The predicted molar refractivity (Wildman–Crippen MR) is 96.8 cm³/mol. The highest BCUT2D eigenvalue weighted by molar-refractivity contribution is 5.80. The molecular weight excluding hydrogens is 326 g/mol. The third-order valence-corrected chi connectivity index (χ3v) is 4.45. The van der Waals surface area contributed by atoms with Crippen molar-refractivity contribution in [1.29, 1.82) is 0 Å². The number of hydrogen-bond acceptors (Lipinski definition) is 5. The number of hydrogen-bond donors (Lipinski definition) is 1. The molecule has 4 heterocycles. The Morgan fingerprint density at radius 1 is 0.923 bits per heavy atom. The second kappa shape index (κ2) is 6.16. The van der Waals surface area contributed by atoms with Gasteiger partial charge in [0.05, 0.1) is 35.9 Å². The van der Waals surface area contributed by atoms with Crippen molar-refractivity contribution < 1.29 is 4.74 Å². The molecule has 0 saturated heterocycles. The van der Waals surface area contributed by atoms with Crippen molar-refractivity contribution in [1.82, 2.24) is 24.9 Å². The van der Waals surface area contributed by atoms with Crippen molar-refractivity contribution in [3.8, 4) is 34.0 Å². The molecule has 126 valence electrons. The number of pyridine rings is 1. The zero-order valence-corrected chi connectivity index (χ0v) is 13.9. The summed E-state index contributed by atoms with van der Waals surface area (Å²) < 4.78 is 5.54. The topological polar surface area (TPSA) is 76.6 Å². The van der Waals surface area contributed by atoms with Crippen LogP contribution in [0.4, 0.5) is 0 Å². The van der Waals surface area contributed by atoms with Crippen molar-refractivity contribution in [3.05, 3.63) is 72.4 Å². The molecule has 0 spiro atoms. The van der Waals surface area contributed by atoms with Gasteiger partial charge in [-0.25, -0.2) is 15.0 Å². The number of aromatic nitrogens is 5. The van der Waals surface area contributed by atoms with Crippen LogP contribution in [0.2, 0.25) is 0 Å². The lowest BCUT2D eigenvalue weighted by atomic mass is 10.0. The van der Waals surface area contributed by atoms with Crippen LogP contribution in [0.1, 0.15) is 11.1 Å². The van der Waals surface area contributed by atoms with Crippen molar-refractivity contribution in [2.75, 3.05) is 0 Å². The van der Waals surface area contributed by atoms with Crippen LogP contribution in [-0.4, -0.2) is 24.9 Å². The van der Waals surface area contributed by atoms with Gasteiger partial charge in [-0.3, -0.25) is 4.98 Å². The molecule has 0 aliphatic carbocycles. The SMILES string of the molecule is c1ccc(-c2[nH]c(-c3cncnc3)nc2-c2ccc3c(c2)COC3)nc1. The van der Waals surface area contributed by atoms with Crippen LogP contribution in [0.3, 0.4) is 0 Å². The third-order valence-electron chi connectivity index (χ3n) is 4.45. The smallest absolute Gasteiger partial charge is 0.141 e. The van der Waals surface area contributed by atoms with Gasteiger partial charge >= 0.3 is 0 Å². The van der Waals surface area contributed by atoms with Crippen LogP contribution in [0.25, 0.3) is 34.0 Å². The number of rotatable bonds is 3. The zero-order chi connectivity index (χ0) is 17.3. The lowest BCUT2D eigenvalue weighted by Crippen LogP contribution is -1.89. The average molecular weight is 341 g/mol. The van der Waals surface area contributed by atoms with Gasteiger partial charge in [0.1, 0.15) is 12.2 Å². The fraction of sp³-hybridized carbons (Fsp3) is 0.100. The number of H-pyrrole nitrogens is 1. The number of imidazole rings is 1. The van der Waals surface area contributed by atoms with E-state index in [1.165, 1.54) is 17.5 Å². The summed E-state index contributed by atoms with van der Waals surface area (Å²) >= 11 is 0. The summed E-state index contributed by atoms with van der Waals surface area (Å²) in [4.78, 5) is 20.9. The third kappa shape index (κ3) is 2.57. The van der Waals surface area contributed by atoms with Crippen LogP contribution >= 0.6 is 0 Å². The molecule has 1 aromatic carbocycles. The first-order valence-corrected chi connectivity index (χ1v) is 8.35. The number of nitrogens with one attached hydrogen (secondary N) is 1. The molecule has 1 aliphatic rings. The molecule has 6 nitrogen and oxygen atoms in total. The minimum absolute atomic E-state index is 0.645. The molecule has 5 rings (SSSR count). The minimum atomic E-state index is 0.645. The molecule has 26 heavy (non-hydrogen) atoms. The predicted octanol–water partition coefficient (Wildman–Crippen LogP) is 3.63. The first-order valence-electron chi connectivity index (χ1n) is 8.35. The van der Waals surface area contributed by atoms with E-state index in [-0.39, 0.29) is 0 Å². The van der Waals surface area contributed by atoms with Gasteiger partial charge in [0.15, 0.2) is 0 Å². The van der Waals surface area contributed by atoms with Gasteiger partial charge < -0.3 is 9.72 Å². The number of ether oxygens (including phenoxy) is 1. The van der Waals surface area contributed by atoms with Gasteiger partial charge in [-0.05, 0) is 29.3 Å². The van der Waals surface area contributed by atoms with Crippen molar-refractivity contribution in [2.45, 2.75) is 13.2 Å². The van der Waals surface area contributed by atoms with Crippen molar-refractivity contribution in [3.63, 3.8) is 0 Å². The summed E-state index contributed by atoms with van der Waals surface area (Å²) in [7, 11) is 0. The molecule has 6 heteroatoms. The van der Waals surface area contributed by atoms with Gasteiger partial charge in [0.2, 0.25) is 0 Å². The molecular formula is C20H15N5O. The Balaban J connectivity index is 1.69. The van der Waals surface area contributed by atoms with Gasteiger partial charge in [-0.1, -0.05) is 18.2 Å². The van der Waals surface area contributed by atoms with E-state index in [9.17, 15) is 0 Å². The van der Waals surface area contributed by atoms with Gasteiger partial charge in [0.25, 0.3) is 0 Å². The molecule has 0 bridgehead atoms. The quantitative estimate of drug-likeness (QED) is 0.616. The summed E-state index contributed by atoms with van der Waals surface area (Å²) in [6, 6.07) is 12.2. The number of benzene rings is 1. The van der Waals surface area contributed by atoms with Crippen LogP contribution in [0.5, 0.6) is 0 Å². The molecule has 3 aromatic heterocycles. The second-order valence-electron chi connectivity index (χ2n) is 6.13. The van der Waals surface area contributed by atoms with Crippen LogP contribution in [-0.2, 0) is 18.0 Å². The number of nitrogens with zero attached hydrogens (tertiary/aromatic N) is 4. The Kier molecular flexibility index (Phi) is 3.54. The molecule has 4 aromatic rings. The zero-order valence-electron chi connectivity index (χ0n) is 13.9. The fourth-order valence-corrected chi connectivity index (χ4v) is 3.16. The number of aromatic amines is 1. The lowest BCUT2D eigenvalue weighted by Gasteiger charge is -2.04. The molecule has 0 atom stereocenters. The highest BCUT2D eigenvalue weighted by atomic mass is 16.5. The van der Waals surface area contributed by atoms with Crippen LogP contribution in [0.15, 0.2) is 61.3 Å². The van der Waals surface area contributed by atoms with E-state index >= 15 is 0 Å². The molecule has 1 N–H and O–H groups in total. The van der Waals surface area contributed by atoms with E-state index in [1.807, 2.05) is 18.2 Å². The van der Waals surface area contributed by atoms with E-state index in [2.05, 4.69) is 38.1 Å². The fourth-order valence-electron chi connectivity index (χ4n) is 3.16. The average Bonchev–Trinajstić information content (AvgIpc) is 3.36. The standard InChI is InChI=1S/C20H15N5O/c1-2-6-23-17(3-1)19-18(13-4-5-14-10-26-11-15(14)7-13)24-20(25-19)16-8-21-12-22-9-16/h1-9,12H,10-11H2,(H,24,25). The molecule has 0 unspecified atom stereocenters. The molecule has 0 amide bonds. The summed E-state index contributed by atoms with van der Waals surface area (Å²) in [6.07, 6.45) is 6.78. The highest BCUT2D eigenvalue weighted by Gasteiger charge is 2.19. The van der Waals surface area contributed by atoms with E-state index in [4.69, 9.17) is 9.72 Å². The van der Waals surface area contributed by atoms with E-state index in [1.54, 1.807) is 18.6 Å². The Bertz CT molecular complexity index is 1060. The Hall–Kier alpha value is -3.38. The van der Waals surface area contributed by atoms with E-state index < -0.39 is 0 Å². The van der Waals surface area contributed by atoms with E-state index in [0.29, 0.717) is 13.2 Å². The number of fused-ring (bicyclic) bond motifs is 1. The minimum Gasteiger partial charge on any atom is -0.372 e. The Labute approximate surface area is 150 Å². The summed E-state index contributed by atoms with van der Waals surface area (Å²) in [6.45, 7) is 1.32. The molecule has 0 saturated carbocycles. The molecule has 0 fully saturated rings. The van der Waals surface area contributed by atoms with Gasteiger partial charge in [-0.15, -0.1) is 0 Å². The van der Waals surface area contributed by atoms with E-state index in [0.717, 1.165) is 34.0 Å². The van der Waals surface area contributed by atoms with Gasteiger partial charge in [-0.2, -0.15) is 0 Å². The largest absolute Gasteiger partial charge is 0.372 e. The first kappa shape index (κ1) is 14.9. The maximum Gasteiger partial charge on any atom is 0.141 e. The maximum atomic E-state index is 5.54. The van der Waals surface area contributed by atoms with Crippen LogP contribution in [0, 0.1) is 0 Å². The Morgan fingerprint density at radius 2 is 1.81 bits per heavy atom. The highest BCUT2D eigenvalue weighted by Crippen LogP contribution is 2.34. The van der Waals surface area contributed by atoms with Crippen molar-refractivity contribution in [2.24, 2.45) is 0 Å². The summed E-state index contributed by atoms with van der Waals surface area (Å²) in [5.41, 5.74) is 6.90. The summed E-state index contributed by atoms with van der Waals surface area (Å²) in [5, 5.41) is 0. The monoisotopic (exact) mass is 341 g/mol. The molecule has 1 aliphatic heterocycles. The van der Waals surface area contributed by atoms with Crippen molar-refractivity contribution >= 4 is 0 Å². The molecule has 0 radical (unpaired) electrons. The second-order valence-corrected chi connectivity index (χ2v) is 6.13.